The Balaban J connectivity index is 1.40. The summed E-state index contributed by atoms with van der Waals surface area (Å²) in [5.41, 5.74) is 0. The highest BCUT2D eigenvalue weighted by molar-refractivity contribution is 6.08. The maximum absolute atomic E-state index is 12.6. The molecule has 3 aliphatic carbocycles. The molecule has 0 spiro atoms. The van der Waals surface area contributed by atoms with Crippen molar-refractivity contribution in [1.82, 2.24) is 10.2 Å². The van der Waals surface area contributed by atoms with Crippen molar-refractivity contribution < 1.29 is 14.4 Å². The fourth-order valence-electron chi connectivity index (χ4n) is 5.30. The summed E-state index contributed by atoms with van der Waals surface area (Å²) in [7, 11) is 0. The van der Waals surface area contributed by atoms with Gasteiger partial charge in [-0.2, -0.15) is 0 Å². The second-order valence-electron chi connectivity index (χ2n) is 8.20. The van der Waals surface area contributed by atoms with Crippen LogP contribution in [0.5, 0.6) is 0 Å². The molecule has 0 aromatic carbocycles. The summed E-state index contributed by atoms with van der Waals surface area (Å²) >= 11 is 0. The van der Waals surface area contributed by atoms with Crippen LogP contribution in [-0.2, 0) is 14.4 Å². The Hall–Kier alpha value is -1.65. The molecule has 1 heterocycles. The van der Waals surface area contributed by atoms with E-state index in [-0.39, 0.29) is 54.0 Å². The largest absolute Gasteiger partial charge is 0.352 e. The van der Waals surface area contributed by atoms with E-state index in [1.54, 1.807) is 0 Å². The van der Waals surface area contributed by atoms with Gasteiger partial charge in [0.05, 0.1) is 11.8 Å². The van der Waals surface area contributed by atoms with Gasteiger partial charge in [-0.15, -0.1) is 0 Å². The minimum absolute atomic E-state index is 0.109. The van der Waals surface area contributed by atoms with E-state index >= 15 is 0 Å². The second kappa shape index (κ2) is 5.71. The number of nitrogens with one attached hydrogen (secondary N) is 1. The molecular weight excluding hydrogens is 304 g/mol. The van der Waals surface area contributed by atoms with Crippen LogP contribution in [0.3, 0.4) is 0 Å². The number of carbonyl (C=O) groups excluding carboxylic acids is 3. The molecule has 1 saturated heterocycles. The topological polar surface area (TPSA) is 66.5 Å². The van der Waals surface area contributed by atoms with Crippen molar-refractivity contribution in [2.75, 3.05) is 6.54 Å². The zero-order valence-corrected chi connectivity index (χ0v) is 14.4. The lowest BCUT2D eigenvalue weighted by atomic mass is 9.78. The molecule has 4 aliphatic rings. The summed E-state index contributed by atoms with van der Waals surface area (Å²) in [6.45, 7) is 4.29. The number of hydrogen-bond donors (Lipinski definition) is 1. The number of fused-ring (bicyclic) bond motifs is 5. The zero-order valence-electron chi connectivity index (χ0n) is 14.4. The summed E-state index contributed by atoms with van der Waals surface area (Å²) < 4.78 is 0. The van der Waals surface area contributed by atoms with E-state index in [9.17, 15) is 14.4 Å². The van der Waals surface area contributed by atoms with E-state index in [2.05, 4.69) is 31.3 Å². The van der Waals surface area contributed by atoms with Gasteiger partial charge in [0.25, 0.3) is 0 Å². The van der Waals surface area contributed by atoms with Gasteiger partial charge < -0.3 is 5.32 Å². The van der Waals surface area contributed by atoms with Crippen LogP contribution < -0.4 is 5.32 Å². The van der Waals surface area contributed by atoms with E-state index in [0.29, 0.717) is 11.8 Å². The highest BCUT2D eigenvalue weighted by Gasteiger charge is 2.59. The molecule has 2 saturated carbocycles. The van der Waals surface area contributed by atoms with Gasteiger partial charge in [-0.25, -0.2) is 0 Å². The molecule has 0 aromatic heterocycles. The number of allylic oxidation sites excluding steroid dienone is 2. The van der Waals surface area contributed by atoms with Crippen LogP contribution in [0, 0.1) is 35.5 Å². The van der Waals surface area contributed by atoms with Crippen LogP contribution in [0.1, 0.15) is 39.5 Å². The molecule has 4 rings (SSSR count). The number of amides is 3. The molecule has 0 unspecified atom stereocenters. The summed E-state index contributed by atoms with van der Waals surface area (Å²) in [4.78, 5) is 38.9. The molecule has 3 amide bonds. The van der Waals surface area contributed by atoms with Gasteiger partial charge in [0.1, 0.15) is 6.54 Å². The molecule has 1 aliphatic heterocycles. The number of imide groups is 1. The molecule has 0 aromatic rings. The van der Waals surface area contributed by atoms with Crippen molar-refractivity contribution in [3.63, 3.8) is 0 Å². The van der Waals surface area contributed by atoms with Crippen molar-refractivity contribution in [3.05, 3.63) is 12.2 Å². The van der Waals surface area contributed by atoms with Crippen LogP contribution in [0.15, 0.2) is 12.2 Å². The van der Waals surface area contributed by atoms with Crippen LogP contribution in [0.4, 0.5) is 0 Å². The first-order valence-electron chi connectivity index (χ1n) is 9.30. The minimum Gasteiger partial charge on any atom is -0.352 e. The van der Waals surface area contributed by atoms with E-state index < -0.39 is 0 Å². The third kappa shape index (κ3) is 2.32. The molecule has 5 heteroatoms. The zero-order chi connectivity index (χ0) is 17.0. The first-order chi connectivity index (χ1) is 11.5. The minimum atomic E-state index is -0.214. The molecular formula is C19H26N2O3. The first-order valence-corrected chi connectivity index (χ1v) is 9.30. The van der Waals surface area contributed by atoms with E-state index in [0.717, 1.165) is 19.3 Å². The van der Waals surface area contributed by atoms with Gasteiger partial charge in [0, 0.05) is 6.04 Å². The average molecular weight is 330 g/mol. The first kappa shape index (κ1) is 15.9. The van der Waals surface area contributed by atoms with E-state index in [4.69, 9.17) is 0 Å². The number of likely N-dealkylation sites (tertiary alicyclic amines) is 1. The standard InChI is InChI=1S/C19H26N2O3/c1-10-4-3-5-14(11(10)2)20-15(22)9-21-18(23)16-12-6-7-13(8-12)17(16)19(21)24/h6-7,10-14,16-17H,3-5,8-9H2,1-2H3,(H,20,22)/t10-,11+,12+,13+,14+,16-,17-/m1/s1. The SMILES string of the molecule is C[C@H]1[C@H](C)CCC[C@@H]1NC(=O)CN1C(=O)[C@H]2[C@H](C1=O)[C@H]1C=C[C@H]2C1. The molecule has 2 bridgehead atoms. The van der Waals surface area contributed by atoms with Gasteiger partial charge >= 0.3 is 0 Å². The van der Waals surface area contributed by atoms with Crippen molar-refractivity contribution in [3.8, 4) is 0 Å². The number of rotatable bonds is 3. The van der Waals surface area contributed by atoms with E-state index in [1.165, 1.54) is 11.3 Å². The van der Waals surface area contributed by atoms with Crippen molar-refractivity contribution in [2.24, 2.45) is 35.5 Å². The molecule has 1 N–H and O–H groups in total. The molecule has 0 radical (unpaired) electrons. The Morgan fingerprint density at radius 3 is 2.38 bits per heavy atom. The normalized spacial score (nSPS) is 43.4. The Kier molecular flexibility index (Phi) is 3.77. The predicted octanol–water partition coefficient (Wildman–Crippen LogP) is 1.73. The Morgan fingerprint density at radius 1 is 1.12 bits per heavy atom. The van der Waals surface area contributed by atoms with E-state index in [1.807, 2.05) is 0 Å². The average Bonchev–Trinajstić information content (AvgIpc) is 3.22. The molecule has 130 valence electrons. The summed E-state index contributed by atoms with van der Waals surface area (Å²) in [6, 6.07) is 0.159. The van der Waals surface area contributed by atoms with Gasteiger partial charge in [0.15, 0.2) is 0 Å². The maximum Gasteiger partial charge on any atom is 0.240 e. The lowest BCUT2D eigenvalue weighted by molar-refractivity contribution is -0.144. The highest BCUT2D eigenvalue weighted by atomic mass is 16.2. The predicted molar refractivity (Wildman–Crippen MR) is 88.5 cm³/mol. The van der Waals surface area contributed by atoms with Gasteiger partial charge in [-0.1, -0.05) is 38.8 Å². The quantitative estimate of drug-likeness (QED) is 0.633. The number of nitrogens with zero attached hydrogens (tertiary/aromatic N) is 1. The van der Waals surface area contributed by atoms with Crippen LogP contribution in [0.2, 0.25) is 0 Å². The molecule has 5 nitrogen and oxygen atoms in total. The monoisotopic (exact) mass is 330 g/mol. The van der Waals surface area contributed by atoms with Gasteiger partial charge in [-0.05, 0) is 36.5 Å². The summed E-state index contributed by atoms with van der Waals surface area (Å²) in [5, 5.41) is 3.07. The van der Waals surface area contributed by atoms with Gasteiger partial charge in [0.2, 0.25) is 17.7 Å². The lowest BCUT2D eigenvalue weighted by Crippen LogP contribution is -2.48. The van der Waals surface area contributed by atoms with Crippen LogP contribution >= 0.6 is 0 Å². The van der Waals surface area contributed by atoms with Crippen LogP contribution in [0.25, 0.3) is 0 Å². The summed E-state index contributed by atoms with van der Waals surface area (Å²) in [6.07, 6.45) is 8.38. The fourth-order valence-corrected chi connectivity index (χ4v) is 5.30. The Labute approximate surface area is 142 Å². The fraction of sp³-hybridized carbons (Fsp3) is 0.737. The van der Waals surface area contributed by atoms with Crippen molar-refractivity contribution in [1.29, 1.82) is 0 Å². The van der Waals surface area contributed by atoms with Crippen molar-refractivity contribution >= 4 is 17.7 Å². The smallest absolute Gasteiger partial charge is 0.240 e. The Morgan fingerprint density at radius 2 is 1.75 bits per heavy atom. The second-order valence-corrected chi connectivity index (χ2v) is 8.20. The lowest BCUT2D eigenvalue weighted by Gasteiger charge is -2.34. The molecule has 7 atom stereocenters. The summed E-state index contributed by atoms with van der Waals surface area (Å²) in [5.74, 6) is 0.537. The van der Waals surface area contributed by atoms with Crippen LogP contribution in [-0.4, -0.2) is 35.2 Å². The third-order valence-corrected chi connectivity index (χ3v) is 6.92. The molecule has 3 fully saturated rings. The number of hydrogen-bond acceptors (Lipinski definition) is 3. The van der Waals surface area contributed by atoms with Gasteiger partial charge in [-0.3, -0.25) is 19.3 Å². The molecule has 24 heavy (non-hydrogen) atoms. The highest BCUT2D eigenvalue weighted by Crippen LogP contribution is 2.52. The van der Waals surface area contributed by atoms with Crippen molar-refractivity contribution in [2.45, 2.75) is 45.6 Å². The number of carbonyl (C=O) groups is 3. The third-order valence-electron chi connectivity index (χ3n) is 6.92. The maximum atomic E-state index is 12.6. The Bertz CT molecular complexity index is 584.